The Morgan fingerprint density at radius 3 is 2.30 bits per heavy atom. The second kappa shape index (κ2) is 4.49. The van der Waals surface area contributed by atoms with Crippen molar-refractivity contribution in [3.8, 4) is 0 Å². The third-order valence-corrected chi connectivity index (χ3v) is 3.61. The van der Waals surface area contributed by atoms with Crippen molar-refractivity contribution in [1.82, 2.24) is 4.90 Å². The van der Waals surface area contributed by atoms with Crippen molar-refractivity contribution in [2.24, 2.45) is 0 Å². The van der Waals surface area contributed by atoms with Crippen LogP contribution in [-0.4, -0.2) is 16.7 Å². The van der Waals surface area contributed by atoms with Gasteiger partial charge in [-0.05, 0) is 30.7 Å². The predicted octanol–water partition coefficient (Wildman–Crippen LogP) is 2.63. The molecule has 1 atom stereocenters. The average molecular weight is 266 g/mol. The maximum atomic E-state index is 12.4. The van der Waals surface area contributed by atoms with Crippen LogP contribution in [0, 0.1) is 0 Å². The molecule has 1 heterocycles. The first kappa shape index (κ1) is 12.4. The van der Waals surface area contributed by atoms with Gasteiger partial charge in [0.05, 0.1) is 17.2 Å². The molecule has 0 unspecified atom stereocenters. The van der Waals surface area contributed by atoms with Crippen molar-refractivity contribution >= 4 is 17.5 Å². The Morgan fingerprint density at radius 1 is 0.950 bits per heavy atom. The van der Waals surface area contributed by atoms with Crippen molar-refractivity contribution < 1.29 is 9.59 Å². The minimum absolute atomic E-state index is 0.263. The van der Waals surface area contributed by atoms with Gasteiger partial charge in [-0.2, -0.15) is 0 Å². The number of hydrogen-bond acceptors (Lipinski definition) is 3. The smallest absolute Gasteiger partial charge is 0.262 e. The van der Waals surface area contributed by atoms with Crippen LogP contribution in [0.1, 0.15) is 39.2 Å². The molecule has 2 aromatic rings. The summed E-state index contributed by atoms with van der Waals surface area (Å²) in [5.74, 6) is -0.546. The van der Waals surface area contributed by atoms with Gasteiger partial charge >= 0.3 is 0 Å². The van der Waals surface area contributed by atoms with Crippen LogP contribution in [0.2, 0.25) is 0 Å². The molecule has 0 aliphatic carbocycles. The minimum Gasteiger partial charge on any atom is -0.399 e. The Balaban J connectivity index is 2.02. The van der Waals surface area contributed by atoms with Crippen LogP contribution in [-0.2, 0) is 0 Å². The van der Waals surface area contributed by atoms with E-state index in [4.69, 9.17) is 5.73 Å². The normalized spacial score (nSPS) is 15.3. The molecule has 0 fully saturated rings. The van der Waals surface area contributed by atoms with Crippen molar-refractivity contribution in [2.45, 2.75) is 13.0 Å². The highest BCUT2D eigenvalue weighted by Gasteiger charge is 2.38. The van der Waals surface area contributed by atoms with Crippen molar-refractivity contribution in [2.75, 3.05) is 5.73 Å². The molecule has 0 radical (unpaired) electrons. The van der Waals surface area contributed by atoms with E-state index in [-0.39, 0.29) is 17.9 Å². The zero-order chi connectivity index (χ0) is 14.3. The molecule has 1 aliphatic heterocycles. The largest absolute Gasteiger partial charge is 0.399 e. The Labute approximate surface area is 116 Å². The summed E-state index contributed by atoms with van der Waals surface area (Å²) in [6.07, 6.45) is 0. The number of benzene rings is 2. The highest BCUT2D eigenvalue weighted by atomic mass is 16.2. The number of carbonyl (C=O) groups excluding carboxylic acids is 2. The summed E-state index contributed by atoms with van der Waals surface area (Å²) < 4.78 is 0. The topological polar surface area (TPSA) is 63.4 Å². The van der Waals surface area contributed by atoms with E-state index in [2.05, 4.69) is 0 Å². The van der Waals surface area contributed by atoms with Gasteiger partial charge in [0.25, 0.3) is 11.8 Å². The monoisotopic (exact) mass is 266 g/mol. The molecule has 0 bridgehead atoms. The fourth-order valence-electron chi connectivity index (χ4n) is 2.51. The summed E-state index contributed by atoms with van der Waals surface area (Å²) in [6, 6.07) is 14.0. The zero-order valence-electron chi connectivity index (χ0n) is 11.0. The third kappa shape index (κ3) is 1.77. The minimum atomic E-state index is -0.301. The summed E-state index contributed by atoms with van der Waals surface area (Å²) in [5, 5.41) is 0. The van der Waals surface area contributed by atoms with Gasteiger partial charge in [0.2, 0.25) is 0 Å². The van der Waals surface area contributed by atoms with E-state index in [1.165, 1.54) is 4.90 Å². The van der Waals surface area contributed by atoms with Gasteiger partial charge < -0.3 is 5.73 Å². The number of carbonyl (C=O) groups is 2. The number of amides is 2. The lowest BCUT2D eigenvalue weighted by Gasteiger charge is -2.22. The van der Waals surface area contributed by atoms with Gasteiger partial charge in [-0.25, -0.2) is 0 Å². The number of nitrogens with zero attached hydrogens (tertiary/aromatic N) is 1. The summed E-state index contributed by atoms with van der Waals surface area (Å²) in [6.45, 7) is 1.85. The van der Waals surface area contributed by atoms with E-state index in [1.807, 2.05) is 37.3 Å². The Bertz CT molecular complexity index is 695. The first-order chi connectivity index (χ1) is 9.59. The predicted molar refractivity (Wildman–Crippen MR) is 76.2 cm³/mol. The lowest BCUT2D eigenvalue weighted by atomic mass is 10.1. The van der Waals surface area contributed by atoms with Gasteiger partial charge in [-0.3, -0.25) is 14.5 Å². The Kier molecular flexibility index (Phi) is 2.79. The maximum Gasteiger partial charge on any atom is 0.262 e. The van der Waals surface area contributed by atoms with E-state index in [0.29, 0.717) is 16.8 Å². The molecule has 4 heteroatoms. The fourth-order valence-corrected chi connectivity index (χ4v) is 2.51. The third-order valence-electron chi connectivity index (χ3n) is 3.61. The van der Waals surface area contributed by atoms with E-state index in [0.717, 1.165) is 5.56 Å². The first-order valence-electron chi connectivity index (χ1n) is 6.42. The van der Waals surface area contributed by atoms with Crippen LogP contribution in [0.3, 0.4) is 0 Å². The number of anilines is 1. The molecular formula is C16H14N2O2. The van der Waals surface area contributed by atoms with Gasteiger partial charge in [0, 0.05) is 5.69 Å². The molecule has 1 aliphatic rings. The number of rotatable bonds is 2. The molecule has 0 saturated carbocycles. The highest BCUT2D eigenvalue weighted by molar-refractivity contribution is 6.21. The van der Waals surface area contributed by atoms with Crippen LogP contribution in [0.5, 0.6) is 0 Å². The molecule has 20 heavy (non-hydrogen) atoms. The number of nitrogens with two attached hydrogens (primary N) is 1. The summed E-state index contributed by atoms with van der Waals surface area (Å²) >= 11 is 0. The van der Waals surface area contributed by atoms with Gasteiger partial charge in [0.1, 0.15) is 0 Å². The molecule has 2 N–H and O–H groups in total. The molecule has 2 amide bonds. The van der Waals surface area contributed by atoms with Crippen LogP contribution in [0.4, 0.5) is 5.69 Å². The summed E-state index contributed by atoms with van der Waals surface area (Å²) in [7, 11) is 0. The average Bonchev–Trinajstić information content (AvgIpc) is 2.71. The number of nitrogen functional groups attached to an aromatic ring is 1. The van der Waals surface area contributed by atoms with Crippen molar-refractivity contribution in [3.63, 3.8) is 0 Å². The van der Waals surface area contributed by atoms with Crippen LogP contribution >= 0.6 is 0 Å². The van der Waals surface area contributed by atoms with Gasteiger partial charge in [-0.15, -0.1) is 0 Å². The lowest BCUT2D eigenvalue weighted by Crippen LogP contribution is -2.32. The SMILES string of the molecule is C[C@@H](c1ccccc1)N1C(=O)c2ccc(N)cc2C1=O. The first-order valence-corrected chi connectivity index (χ1v) is 6.42. The maximum absolute atomic E-state index is 12.4. The Morgan fingerprint density at radius 2 is 1.60 bits per heavy atom. The molecule has 4 nitrogen and oxygen atoms in total. The molecular weight excluding hydrogens is 252 g/mol. The fraction of sp³-hybridized carbons (Fsp3) is 0.125. The molecule has 0 aromatic heterocycles. The highest BCUT2D eigenvalue weighted by Crippen LogP contribution is 2.31. The number of hydrogen-bond donors (Lipinski definition) is 1. The van der Waals surface area contributed by atoms with E-state index in [1.54, 1.807) is 18.2 Å². The molecule has 100 valence electrons. The number of fused-ring (bicyclic) bond motifs is 1. The van der Waals surface area contributed by atoms with Gasteiger partial charge in [-0.1, -0.05) is 30.3 Å². The molecule has 3 rings (SSSR count). The van der Waals surface area contributed by atoms with E-state index >= 15 is 0 Å². The second-order valence-corrected chi connectivity index (χ2v) is 4.87. The van der Waals surface area contributed by atoms with Crippen LogP contribution < -0.4 is 5.73 Å². The van der Waals surface area contributed by atoms with Crippen molar-refractivity contribution in [3.05, 3.63) is 65.2 Å². The van der Waals surface area contributed by atoms with E-state index < -0.39 is 0 Å². The summed E-state index contributed by atoms with van der Waals surface area (Å²) in [4.78, 5) is 26.1. The van der Waals surface area contributed by atoms with E-state index in [9.17, 15) is 9.59 Å². The van der Waals surface area contributed by atoms with Gasteiger partial charge in [0.15, 0.2) is 0 Å². The Hall–Kier alpha value is -2.62. The standard InChI is InChI=1S/C16H14N2O2/c1-10(11-5-3-2-4-6-11)18-15(19)13-8-7-12(17)9-14(13)16(18)20/h2-10H,17H2,1H3/t10-/m0/s1. The summed E-state index contributed by atoms with van der Waals surface area (Å²) in [5.41, 5.74) is 7.91. The van der Waals surface area contributed by atoms with Crippen LogP contribution in [0.15, 0.2) is 48.5 Å². The quantitative estimate of drug-likeness (QED) is 0.671. The molecule has 2 aromatic carbocycles. The van der Waals surface area contributed by atoms with Crippen LogP contribution in [0.25, 0.3) is 0 Å². The van der Waals surface area contributed by atoms with Crippen molar-refractivity contribution in [1.29, 1.82) is 0 Å². The molecule has 0 saturated heterocycles. The zero-order valence-corrected chi connectivity index (χ0v) is 11.0. The molecule has 0 spiro atoms. The lowest BCUT2D eigenvalue weighted by molar-refractivity contribution is 0.0595. The number of imide groups is 1. The second-order valence-electron chi connectivity index (χ2n) is 4.87.